The molecular weight excluding hydrogens is 476 g/mol. The number of sulfone groups is 1. The van der Waals surface area contributed by atoms with Crippen molar-refractivity contribution < 1.29 is 13.2 Å². The Morgan fingerprint density at radius 1 is 1.06 bits per heavy atom. The highest BCUT2D eigenvalue weighted by molar-refractivity contribution is 7.90. The Morgan fingerprint density at radius 3 is 2.42 bits per heavy atom. The normalized spacial score (nSPS) is 20.9. The van der Waals surface area contributed by atoms with Gasteiger partial charge < -0.3 is 9.80 Å². The third-order valence-electron chi connectivity index (χ3n) is 7.12. The molecule has 0 spiro atoms. The van der Waals surface area contributed by atoms with Crippen LogP contribution in [0.2, 0.25) is 0 Å². The number of fused-ring (bicyclic) bond motifs is 1. The van der Waals surface area contributed by atoms with E-state index >= 15 is 0 Å². The van der Waals surface area contributed by atoms with Crippen LogP contribution in [-0.4, -0.2) is 83.4 Å². The Bertz CT molecular complexity index is 1330. The van der Waals surface area contributed by atoms with Gasteiger partial charge in [-0.25, -0.2) is 18.1 Å². The van der Waals surface area contributed by atoms with Crippen LogP contribution in [0.15, 0.2) is 59.8 Å². The third-order valence-corrected chi connectivity index (χ3v) is 8.22. The van der Waals surface area contributed by atoms with Gasteiger partial charge in [0.15, 0.2) is 9.84 Å². The van der Waals surface area contributed by atoms with Crippen LogP contribution in [0.4, 0.5) is 5.82 Å². The molecule has 1 amide bonds. The molecule has 1 aromatic carbocycles. The van der Waals surface area contributed by atoms with E-state index in [-0.39, 0.29) is 22.9 Å². The fourth-order valence-electron chi connectivity index (χ4n) is 5.13. The lowest BCUT2D eigenvalue weighted by Gasteiger charge is -2.45. The van der Waals surface area contributed by atoms with Gasteiger partial charge in [-0.3, -0.25) is 9.69 Å². The molecule has 10 heteroatoms. The molecule has 2 aromatic heterocycles. The Balaban J connectivity index is 1.21. The van der Waals surface area contributed by atoms with Crippen molar-refractivity contribution in [1.82, 2.24) is 24.6 Å². The minimum Gasteiger partial charge on any atom is -0.354 e. The molecule has 1 fully saturated rings. The Labute approximate surface area is 212 Å². The lowest BCUT2D eigenvalue weighted by molar-refractivity contribution is -0.134. The van der Waals surface area contributed by atoms with Crippen LogP contribution >= 0.6 is 0 Å². The van der Waals surface area contributed by atoms with Crippen LogP contribution in [0, 0.1) is 0 Å². The summed E-state index contributed by atoms with van der Waals surface area (Å²) in [7, 11) is -3.27. The number of nitrogens with zero attached hydrogens (tertiary/aromatic N) is 6. The number of anilines is 1. The van der Waals surface area contributed by atoms with Crippen LogP contribution in [0.5, 0.6) is 0 Å². The highest BCUT2D eigenvalue weighted by Crippen LogP contribution is 2.24. The number of carbonyl (C=O) groups excluding carboxylic acids is 1. The minimum absolute atomic E-state index is 0.135. The molecule has 190 valence electrons. The van der Waals surface area contributed by atoms with Crippen LogP contribution < -0.4 is 4.90 Å². The molecule has 2 aliphatic heterocycles. The second kappa shape index (κ2) is 9.67. The average Bonchev–Trinajstić information content (AvgIpc) is 3.30. The molecule has 2 unspecified atom stereocenters. The van der Waals surface area contributed by atoms with E-state index in [2.05, 4.69) is 28.6 Å². The van der Waals surface area contributed by atoms with Crippen LogP contribution in [0.25, 0.3) is 5.69 Å². The molecule has 3 aromatic rings. The van der Waals surface area contributed by atoms with Gasteiger partial charge in [-0.2, -0.15) is 5.10 Å². The van der Waals surface area contributed by atoms with Crippen molar-refractivity contribution in [3.8, 4) is 5.69 Å². The van der Waals surface area contributed by atoms with E-state index in [0.717, 1.165) is 42.3 Å². The van der Waals surface area contributed by atoms with Crippen LogP contribution in [0.3, 0.4) is 0 Å². The molecule has 0 N–H and O–H groups in total. The zero-order valence-electron chi connectivity index (χ0n) is 20.9. The highest BCUT2D eigenvalue weighted by atomic mass is 32.2. The summed E-state index contributed by atoms with van der Waals surface area (Å²) in [4.78, 5) is 24.3. The topological polar surface area (TPSA) is 91.6 Å². The summed E-state index contributed by atoms with van der Waals surface area (Å²) in [5, 5.41) is 4.73. The molecule has 1 saturated heterocycles. The molecular formula is C26H32N6O3S. The Hall–Kier alpha value is -3.24. The largest absolute Gasteiger partial charge is 0.354 e. The molecule has 36 heavy (non-hydrogen) atoms. The van der Waals surface area contributed by atoms with Gasteiger partial charge in [-0.15, -0.1) is 0 Å². The molecule has 5 rings (SSSR count). The van der Waals surface area contributed by atoms with E-state index in [9.17, 15) is 13.2 Å². The first-order valence-corrected chi connectivity index (χ1v) is 14.2. The van der Waals surface area contributed by atoms with E-state index < -0.39 is 9.84 Å². The van der Waals surface area contributed by atoms with E-state index in [0.29, 0.717) is 19.6 Å². The van der Waals surface area contributed by atoms with Gasteiger partial charge in [0.05, 0.1) is 22.8 Å². The van der Waals surface area contributed by atoms with Crippen LogP contribution in [-0.2, 0) is 27.6 Å². The minimum atomic E-state index is -3.27. The average molecular weight is 509 g/mol. The van der Waals surface area contributed by atoms with Crippen LogP contribution in [0.1, 0.15) is 25.1 Å². The van der Waals surface area contributed by atoms with Gasteiger partial charge in [0.1, 0.15) is 5.82 Å². The second-order valence-corrected chi connectivity index (χ2v) is 11.9. The fraction of sp³-hybridized carbons (Fsp3) is 0.423. The Kier molecular flexibility index (Phi) is 6.57. The first kappa shape index (κ1) is 24.5. The molecule has 2 aliphatic rings. The zero-order valence-corrected chi connectivity index (χ0v) is 21.7. The van der Waals surface area contributed by atoms with Gasteiger partial charge in [-0.05, 0) is 38.1 Å². The smallest absolute Gasteiger partial charge is 0.237 e. The van der Waals surface area contributed by atoms with Crippen molar-refractivity contribution >= 4 is 21.6 Å². The summed E-state index contributed by atoms with van der Waals surface area (Å²) in [6.07, 6.45) is 5.40. The summed E-state index contributed by atoms with van der Waals surface area (Å²) in [6.45, 7) is 7.32. The van der Waals surface area contributed by atoms with E-state index in [1.807, 2.05) is 46.1 Å². The van der Waals surface area contributed by atoms with E-state index in [1.165, 1.54) is 12.5 Å². The monoisotopic (exact) mass is 508 g/mol. The number of para-hydroxylation sites is 1. The number of aromatic nitrogens is 3. The van der Waals surface area contributed by atoms with Crippen molar-refractivity contribution in [2.45, 2.75) is 43.8 Å². The number of amides is 1. The summed E-state index contributed by atoms with van der Waals surface area (Å²) >= 11 is 0. The van der Waals surface area contributed by atoms with Gasteiger partial charge in [-0.1, -0.05) is 18.2 Å². The predicted octanol–water partition coefficient (Wildman–Crippen LogP) is 2.15. The quantitative estimate of drug-likeness (QED) is 0.522. The van der Waals surface area contributed by atoms with Gasteiger partial charge in [0.25, 0.3) is 0 Å². The molecule has 4 heterocycles. The highest BCUT2D eigenvalue weighted by Gasteiger charge is 2.33. The third kappa shape index (κ3) is 5.01. The Morgan fingerprint density at radius 2 is 1.78 bits per heavy atom. The summed E-state index contributed by atoms with van der Waals surface area (Å²) < 4.78 is 25.4. The molecule has 0 aliphatic carbocycles. The number of hydrogen-bond donors (Lipinski definition) is 0. The van der Waals surface area contributed by atoms with E-state index in [4.69, 9.17) is 5.10 Å². The lowest BCUT2D eigenvalue weighted by atomic mass is 10.1. The summed E-state index contributed by atoms with van der Waals surface area (Å²) in [6, 6.07) is 13.7. The summed E-state index contributed by atoms with van der Waals surface area (Å²) in [5.74, 6) is 0.891. The van der Waals surface area contributed by atoms with Crippen molar-refractivity contribution in [2.75, 3.05) is 37.3 Å². The van der Waals surface area contributed by atoms with Gasteiger partial charge >= 0.3 is 0 Å². The number of rotatable bonds is 5. The molecule has 0 radical (unpaired) electrons. The first-order chi connectivity index (χ1) is 17.2. The zero-order chi connectivity index (χ0) is 25.4. The maximum atomic E-state index is 13.3. The van der Waals surface area contributed by atoms with Gasteiger partial charge in [0.2, 0.25) is 5.91 Å². The van der Waals surface area contributed by atoms with Gasteiger partial charge in [0, 0.05) is 68.9 Å². The standard InChI is InChI=1S/C26H32N6O3S/c1-19-14-30(25-10-9-23(13-27-25)36(3,34)35)15-20(2)31(19)18-26(33)29-12-11-24-21(16-29)17-32(28-24)22-7-5-4-6-8-22/h4-10,13,17,19-20H,11-12,14-16,18H2,1-3H3. The second-order valence-electron chi connectivity index (χ2n) is 9.85. The van der Waals surface area contributed by atoms with Crippen molar-refractivity contribution in [2.24, 2.45) is 0 Å². The maximum absolute atomic E-state index is 13.3. The number of piperazine rings is 1. The fourth-order valence-corrected chi connectivity index (χ4v) is 5.69. The number of pyridine rings is 1. The lowest BCUT2D eigenvalue weighted by Crippen LogP contribution is -2.59. The van der Waals surface area contributed by atoms with E-state index in [1.54, 1.807) is 12.1 Å². The number of carbonyl (C=O) groups is 1. The molecule has 2 atom stereocenters. The maximum Gasteiger partial charge on any atom is 0.237 e. The van der Waals surface area contributed by atoms with Crippen molar-refractivity contribution in [1.29, 1.82) is 0 Å². The number of benzene rings is 1. The first-order valence-electron chi connectivity index (χ1n) is 12.3. The predicted molar refractivity (Wildman–Crippen MR) is 138 cm³/mol. The molecule has 9 nitrogen and oxygen atoms in total. The van der Waals surface area contributed by atoms with Crippen molar-refractivity contribution in [3.05, 3.63) is 66.1 Å². The SMILES string of the molecule is CC1CN(c2ccc(S(C)(=O)=O)cn2)CC(C)N1CC(=O)N1CCc2nn(-c3ccccc3)cc2C1. The summed E-state index contributed by atoms with van der Waals surface area (Å²) in [5.41, 5.74) is 3.19. The molecule has 0 bridgehead atoms. The number of hydrogen-bond acceptors (Lipinski definition) is 7. The van der Waals surface area contributed by atoms with Crippen molar-refractivity contribution in [3.63, 3.8) is 0 Å². The molecule has 0 saturated carbocycles.